The average Bonchev–Trinajstić information content (AvgIpc) is 3.08. The van der Waals surface area contributed by atoms with Crippen LogP contribution >= 0.6 is 0 Å². The van der Waals surface area contributed by atoms with Crippen LogP contribution in [0.25, 0.3) is 10.9 Å². The maximum absolute atomic E-state index is 13.1. The van der Waals surface area contributed by atoms with Gasteiger partial charge in [0.2, 0.25) is 0 Å². The minimum absolute atomic E-state index is 0.135. The zero-order chi connectivity index (χ0) is 15.5. The van der Waals surface area contributed by atoms with Gasteiger partial charge in [-0.3, -0.25) is 4.79 Å². The molecule has 1 aromatic carbocycles. The standard InChI is InChI=1S/C15H12F3N3O/c16-15(17,18)14-5-9(14)7-21(8-14)13(22)11-6-19-20-12-4-2-1-3-10(11)12/h1-4,6,9H,5,7-8H2. The molecule has 1 aliphatic heterocycles. The molecular formula is C15H12F3N3O. The summed E-state index contributed by atoms with van der Waals surface area (Å²) in [5.74, 6) is -0.862. The van der Waals surface area contributed by atoms with Gasteiger partial charge in [0, 0.05) is 18.5 Å². The smallest absolute Gasteiger partial charge is 0.337 e. The maximum atomic E-state index is 13.1. The van der Waals surface area contributed by atoms with Crippen molar-refractivity contribution in [3.8, 4) is 0 Å². The Morgan fingerprint density at radius 3 is 2.82 bits per heavy atom. The third-order valence-electron chi connectivity index (χ3n) is 4.77. The number of nitrogens with zero attached hydrogens (tertiary/aromatic N) is 3. The Morgan fingerprint density at radius 1 is 1.32 bits per heavy atom. The Morgan fingerprint density at radius 2 is 2.09 bits per heavy atom. The van der Waals surface area contributed by atoms with E-state index < -0.39 is 23.4 Å². The third-order valence-corrected chi connectivity index (χ3v) is 4.77. The van der Waals surface area contributed by atoms with Crippen molar-refractivity contribution < 1.29 is 18.0 Å². The molecule has 1 aliphatic carbocycles. The first-order chi connectivity index (χ1) is 10.4. The van der Waals surface area contributed by atoms with E-state index in [1.165, 1.54) is 11.1 Å². The summed E-state index contributed by atoms with van der Waals surface area (Å²) in [7, 11) is 0. The van der Waals surface area contributed by atoms with Crippen LogP contribution in [0, 0.1) is 11.3 Å². The zero-order valence-electron chi connectivity index (χ0n) is 11.5. The van der Waals surface area contributed by atoms with E-state index in [9.17, 15) is 18.0 Å². The van der Waals surface area contributed by atoms with Crippen LogP contribution in [0.1, 0.15) is 16.8 Å². The van der Waals surface area contributed by atoms with Gasteiger partial charge < -0.3 is 4.90 Å². The number of carbonyl (C=O) groups is 1. The van der Waals surface area contributed by atoms with Crippen molar-refractivity contribution in [2.45, 2.75) is 12.6 Å². The van der Waals surface area contributed by atoms with Crippen molar-refractivity contribution in [2.24, 2.45) is 11.3 Å². The van der Waals surface area contributed by atoms with Crippen molar-refractivity contribution in [3.05, 3.63) is 36.0 Å². The minimum Gasteiger partial charge on any atom is -0.337 e. The van der Waals surface area contributed by atoms with E-state index in [2.05, 4.69) is 10.2 Å². The molecule has 4 nitrogen and oxygen atoms in total. The van der Waals surface area contributed by atoms with Gasteiger partial charge in [0.25, 0.3) is 5.91 Å². The summed E-state index contributed by atoms with van der Waals surface area (Å²) in [6.45, 7) is -0.0916. The predicted octanol–water partition coefficient (Wildman–Crippen LogP) is 2.65. The third kappa shape index (κ3) is 1.74. The highest BCUT2D eigenvalue weighted by molar-refractivity contribution is 6.05. The first-order valence-corrected chi connectivity index (χ1v) is 6.99. The van der Waals surface area contributed by atoms with Crippen molar-refractivity contribution in [1.82, 2.24) is 15.1 Å². The van der Waals surface area contributed by atoms with Crippen LogP contribution in [0.3, 0.4) is 0 Å². The number of rotatable bonds is 1. The lowest BCUT2D eigenvalue weighted by atomic mass is 10.1. The molecule has 1 saturated heterocycles. The number of alkyl halides is 3. The second-order valence-electron chi connectivity index (χ2n) is 6.02. The fourth-order valence-corrected chi connectivity index (χ4v) is 3.42. The largest absolute Gasteiger partial charge is 0.396 e. The second kappa shape index (κ2) is 4.18. The summed E-state index contributed by atoms with van der Waals surface area (Å²) in [4.78, 5) is 13.9. The zero-order valence-corrected chi connectivity index (χ0v) is 11.5. The van der Waals surface area contributed by atoms with Gasteiger partial charge in [0.05, 0.1) is 22.7 Å². The van der Waals surface area contributed by atoms with Crippen LogP contribution in [0.5, 0.6) is 0 Å². The number of carbonyl (C=O) groups excluding carboxylic acids is 1. The van der Waals surface area contributed by atoms with Crippen molar-refractivity contribution in [1.29, 1.82) is 0 Å². The van der Waals surface area contributed by atoms with Gasteiger partial charge in [-0.2, -0.15) is 23.4 Å². The fraction of sp³-hybridized carbons (Fsp3) is 0.400. The van der Waals surface area contributed by atoms with E-state index >= 15 is 0 Å². The Balaban J connectivity index is 1.66. The van der Waals surface area contributed by atoms with E-state index in [1.807, 2.05) is 0 Å². The molecule has 7 heteroatoms. The number of piperidine rings is 1. The molecule has 114 valence electrons. The van der Waals surface area contributed by atoms with E-state index in [0.717, 1.165) is 0 Å². The lowest BCUT2D eigenvalue weighted by Gasteiger charge is -2.23. The summed E-state index contributed by atoms with van der Waals surface area (Å²) in [6.07, 6.45) is -2.78. The highest BCUT2D eigenvalue weighted by Crippen LogP contribution is 2.66. The molecule has 2 atom stereocenters. The van der Waals surface area contributed by atoms with Gasteiger partial charge in [0.15, 0.2) is 0 Å². The number of likely N-dealkylation sites (tertiary alicyclic amines) is 1. The monoisotopic (exact) mass is 307 g/mol. The molecule has 2 fully saturated rings. The van der Waals surface area contributed by atoms with Gasteiger partial charge >= 0.3 is 6.18 Å². The molecule has 22 heavy (non-hydrogen) atoms. The first kappa shape index (κ1) is 13.5. The van der Waals surface area contributed by atoms with Crippen molar-refractivity contribution in [2.75, 3.05) is 13.1 Å². The molecule has 2 unspecified atom stereocenters. The summed E-state index contributed by atoms with van der Waals surface area (Å²) in [6, 6.07) is 6.99. The number of fused-ring (bicyclic) bond motifs is 2. The molecule has 1 amide bonds. The SMILES string of the molecule is O=C(c1cnnc2ccccc12)N1CC2CC2(C(F)(F)F)C1. The number of halogens is 3. The van der Waals surface area contributed by atoms with Crippen LogP contribution in [0.15, 0.2) is 30.5 Å². The topological polar surface area (TPSA) is 46.1 Å². The van der Waals surface area contributed by atoms with Crippen LogP contribution in [0.4, 0.5) is 13.2 Å². The van der Waals surface area contributed by atoms with Crippen molar-refractivity contribution >= 4 is 16.8 Å². The molecule has 2 heterocycles. The number of hydrogen-bond acceptors (Lipinski definition) is 3. The number of aromatic nitrogens is 2. The first-order valence-electron chi connectivity index (χ1n) is 6.99. The Labute approximate surface area is 123 Å². The molecule has 2 aromatic rings. The molecule has 0 N–H and O–H groups in total. The van der Waals surface area contributed by atoms with Crippen molar-refractivity contribution in [3.63, 3.8) is 0 Å². The molecule has 0 spiro atoms. The Hall–Kier alpha value is -2.18. The van der Waals surface area contributed by atoms with Gasteiger partial charge in [-0.25, -0.2) is 0 Å². The minimum atomic E-state index is -4.24. The maximum Gasteiger partial charge on any atom is 0.396 e. The summed E-state index contributed by atoms with van der Waals surface area (Å²) >= 11 is 0. The molecule has 2 aliphatic rings. The van der Waals surface area contributed by atoms with Crippen LogP contribution < -0.4 is 0 Å². The summed E-state index contributed by atoms with van der Waals surface area (Å²) in [5.41, 5.74) is -0.814. The van der Waals surface area contributed by atoms with Gasteiger partial charge in [0.1, 0.15) is 0 Å². The van der Waals surface area contributed by atoms with E-state index in [1.54, 1.807) is 24.3 Å². The highest BCUT2D eigenvalue weighted by Gasteiger charge is 2.74. The lowest BCUT2D eigenvalue weighted by molar-refractivity contribution is -0.187. The molecule has 1 saturated carbocycles. The van der Waals surface area contributed by atoms with Gasteiger partial charge in [-0.05, 0) is 18.4 Å². The highest BCUT2D eigenvalue weighted by atomic mass is 19.4. The Bertz CT molecular complexity index is 771. The lowest BCUT2D eigenvalue weighted by Crippen LogP contribution is -2.36. The molecule has 1 aromatic heterocycles. The van der Waals surface area contributed by atoms with Crippen LogP contribution in [0.2, 0.25) is 0 Å². The number of amides is 1. The normalized spacial score (nSPS) is 27.0. The second-order valence-corrected chi connectivity index (χ2v) is 6.02. The molecule has 4 rings (SSSR count). The number of benzene rings is 1. The summed E-state index contributed by atoms with van der Waals surface area (Å²) in [5, 5.41) is 8.32. The van der Waals surface area contributed by atoms with Gasteiger partial charge in [-0.15, -0.1) is 0 Å². The predicted molar refractivity (Wildman–Crippen MR) is 72.0 cm³/mol. The fourth-order valence-electron chi connectivity index (χ4n) is 3.42. The summed E-state index contributed by atoms with van der Waals surface area (Å²) < 4.78 is 39.4. The van der Waals surface area contributed by atoms with Gasteiger partial charge in [-0.1, -0.05) is 18.2 Å². The molecular weight excluding hydrogens is 295 g/mol. The number of hydrogen-bond donors (Lipinski definition) is 0. The molecule has 0 bridgehead atoms. The van der Waals surface area contributed by atoms with E-state index in [0.29, 0.717) is 16.5 Å². The van der Waals surface area contributed by atoms with E-state index in [-0.39, 0.29) is 19.5 Å². The molecule has 0 radical (unpaired) electrons. The van der Waals surface area contributed by atoms with Crippen LogP contribution in [-0.4, -0.2) is 40.3 Å². The Kier molecular flexibility index (Phi) is 2.56. The average molecular weight is 307 g/mol. The quantitative estimate of drug-likeness (QED) is 0.813. The van der Waals surface area contributed by atoms with E-state index in [4.69, 9.17) is 0 Å². The van der Waals surface area contributed by atoms with Crippen LogP contribution in [-0.2, 0) is 0 Å².